The number of hydrogen-bond acceptors (Lipinski definition) is 5. The van der Waals surface area contributed by atoms with Gasteiger partial charge in [-0.15, -0.1) is 0 Å². The monoisotopic (exact) mass is 483 g/mol. The van der Waals surface area contributed by atoms with Crippen molar-refractivity contribution in [2.45, 2.75) is 44.8 Å². The van der Waals surface area contributed by atoms with Gasteiger partial charge in [0.1, 0.15) is 17.5 Å². The van der Waals surface area contributed by atoms with Crippen LogP contribution < -0.4 is 15.8 Å². The second kappa shape index (κ2) is 7.33. The standard InChI is InChI=1S/C22H22BrN5O3/c1-12-26-18(17-5-4-13(23)11-28(12)17)20(30)27-14-7-22(8-14)9-15(10-22)31-21-16(19(24)29)3-2-6-25-21/h2-6,11,14-15H,7-10H2,1H3,(H2,24,29)(H,27,30). The quantitative estimate of drug-likeness (QED) is 0.579. The molecule has 2 amide bonds. The van der Waals surface area contributed by atoms with Crippen LogP contribution >= 0.6 is 15.9 Å². The number of imidazole rings is 1. The van der Waals surface area contributed by atoms with Gasteiger partial charge in [0.25, 0.3) is 11.8 Å². The minimum atomic E-state index is -0.544. The maximum atomic E-state index is 12.8. The molecular weight excluding hydrogens is 462 g/mol. The number of primary amides is 1. The second-order valence-electron chi connectivity index (χ2n) is 8.56. The molecule has 9 heteroatoms. The molecule has 8 nitrogen and oxygen atoms in total. The zero-order valence-electron chi connectivity index (χ0n) is 17.0. The number of amides is 2. The minimum Gasteiger partial charge on any atom is -0.474 e. The summed E-state index contributed by atoms with van der Waals surface area (Å²) < 4.78 is 8.75. The van der Waals surface area contributed by atoms with E-state index in [2.05, 4.69) is 31.2 Å². The summed E-state index contributed by atoms with van der Waals surface area (Å²) in [5.74, 6) is 0.389. The van der Waals surface area contributed by atoms with Crippen LogP contribution in [0.5, 0.6) is 5.88 Å². The summed E-state index contributed by atoms with van der Waals surface area (Å²) in [4.78, 5) is 32.9. The summed E-state index contributed by atoms with van der Waals surface area (Å²) in [6.45, 7) is 1.88. The number of nitrogens with zero attached hydrogens (tertiary/aromatic N) is 3. The lowest BCUT2D eigenvalue weighted by Crippen LogP contribution is -2.58. The minimum absolute atomic E-state index is 0.0165. The van der Waals surface area contributed by atoms with Crippen LogP contribution in [0.2, 0.25) is 0 Å². The average molecular weight is 484 g/mol. The zero-order chi connectivity index (χ0) is 21.8. The fourth-order valence-corrected chi connectivity index (χ4v) is 5.21. The molecule has 3 N–H and O–H groups in total. The highest BCUT2D eigenvalue weighted by atomic mass is 79.9. The molecule has 3 heterocycles. The number of carbonyl (C=O) groups excluding carboxylic acids is 2. The molecule has 2 aliphatic carbocycles. The molecule has 1 spiro atoms. The Morgan fingerprint density at radius 2 is 2.03 bits per heavy atom. The number of aryl methyl sites for hydroxylation is 1. The van der Waals surface area contributed by atoms with Crippen LogP contribution in [0.15, 0.2) is 41.1 Å². The highest BCUT2D eigenvalue weighted by Crippen LogP contribution is 2.56. The number of halogens is 1. The van der Waals surface area contributed by atoms with E-state index < -0.39 is 5.91 Å². The first-order chi connectivity index (χ1) is 14.8. The Bertz CT molecular complexity index is 1190. The summed E-state index contributed by atoms with van der Waals surface area (Å²) in [5.41, 5.74) is 7.14. The Labute approximate surface area is 187 Å². The van der Waals surface area contributed by atoms with Crippen molar-refractivity contribution in [2.24, 2.45) is 11.1 Å². The lowest BCUT2D eigenvalue weighted by molar-refractivity contribution is -0.0848. The van der Waals surface area contributed by atoms with Crippen molar-refractivity contribution in [1.82, 2.24) is 19.7 Å². The van der Waals surface area contributed by atoms with E-state index in [1.165, 1.54) is 0 Å². The molecule has 3 aromatic heterocycles. The van der Waals surface area contributed by atoms with Crippen LogP contribution in [0.4, 0.5) is 0 Å². The van der Waals surface area contributed by atoms with E-state index in [1.807, 2.05) is 29.7 Å². The van der Waals surface area contributed by atoms with E-state index in [0.29, 0.717) is 17.1 Å². The largest absolute Gasteiger partial charge is 0.474 e. The van der Waals surface area contributed by atoms with Crippen molar-refractivity contribution < 1.29 is 14.3 Å². The van der Waals surface area contributed by atoms with Gasteiger partial charge in [0.05, 0.1) is 5.52 Å². The number of aromatic nitrogens is 3. The van der Waals surface area contributed by atoms with Crippen LogP contribution in [0.3, 0.4) is 0 Å². The Morgan fingerprint density at radius 3 is 2.77 bits per heavy atom. The Morgan fingerprint density at radius 1 is 1.26 bits per heavy atom. The van der Waals surface area contributed by atoms with Crippen molar-refractivity contribution in [3.05, 3.63) is 58.2 Å². The number of nitrogens with two attached hydrogens (primary N) is 1. The molecule has 5 rings (SSSR count). The van der Waals surface area contributed by atoms with E-state index in [1.54, 1.807) is 18.3 Å². The predicted octanol–water partition coefficient (Wildman–Crippen LogP) is 3.02. The van der Waals surface area contributed by atoms with Crippen molar-refractivity contribution >= 4 is 33.3 Å². The SMILES string of the molecule is Cc1nc(C(=O)NC2CC3(C2)CC(Oc2ncccc2C(N)=O)C3)c2ccc(Br)cn12. The van der Waals surface area contributed by atoms with Gasteiger partial charge in [-0.25, -0.2) is 9.97 Å². The maximum absolute atomic E-state index is 12.8. The molecule has 0 saturated heterocycles. The highest BCUT2D eigenvalue weighted by molar-refractivity contribution is 9.10. The molecule has 0 bridgehead atoms. The third-order valence-electron chi connectivity index (χ3n) is 6.32. The van der Waals surface area contributed by atoms with Gasteiger partial charge >= 0.3 is 0 Å². The van der Waals surface area contributed by atoms with Crippen LogP contribution in [0.25, 0.3) is 5.52 Å². The van der Waals surface area contributed by atoms with E-state index >= 15 is 0 Å². The van der Waals surface area contributed by atoms with Crippen molar-refractivity contribution in [2.75, 3.05) is 0 Å². The molecule has 3 aromatic rings. The summed E-state index contributed by atoms with van der Waals surface area (Å²) >= 11 is 3.45. The van der Waals surface area contributed by atoms with E-state index in [-0.39, 0.29) is 23.5 Å². The third-order valence-corrected chi connectivity index (χ3v) is 6.79. The Kier molecular flexibility index (Phi) is 4.73. The molecule has 2 fully saturated rings. The Balaban J connectivity index is 1.17. The molecule has 2 aliphatic rings. The number of rotatable bonds is 5. The lowest BCUT2D eigenvalue weighted by Gasteiger charge is -2.57. The maximum Gasteiger partial charge on any atom is 0.272 e. The van der Waals surface area contributed by atoms with Gasteiger partial charge in [-0.1, -0.05) is 0 Å². The predicted molar refractivity (Wildman–Crippen MR) is 117 cm³/mol. The van der Waals surface area contributed by atoms with Gasteiger partial charge in [0.15, 0.2) is 5.69 Å². The van der Waals surface area contributed by atoms with E-state index in [0.717, 1.165) is 41.5 Å². The van der Waals surface area contributed by atoms with Gasteiger partial charge in [0, 0.05) is 22.9 Å². The molecule has 0 aliphatic heterocycles. The normalized spacial score (nSPS) is 24.5. The topological polar surface area (TPSA) is 112 Å². The summed E-state index contributed by atoms with van der Waals surface area (Å²) in [6.07, 6.45) is 7.11. The van der Waals surface area contributed by atoms with Crippen molar-refractivity contribution in [3.63, 3.8) is 0 Å². The smallest absolute Gasteiger partial charge is 0.272 e. The number of ether oxygens (including phenoxy) is 1. The third kappa shape index (κ3) is 3.56. The highest BCUT2D eigenvalue weighted by Gasteiger charge is 2.54. The first kappa shape index (κ1) is 20.0. The molecule has 0 aromatic carbocycles. The summed E-state index contributed by atoms with van der Waals surface area (Å²) in [6, 6.07) is 7.22. The van der Waals surface area contributed by atoms with Crippen molar-refractivity contribution in [3.8, 4) is 5.88 Å². The fraction of sp³-hybridized carbons (Fsp3) is 0.364. The van der Waals surface area contributed by atoms with Crippen molar-refractivity contribution in [1.29, 1.82) is 0 Å². The zero-order valence-corrected chi connectivity index (χ0v) is 18.6. The fourth-order valence-electron chi connectivity index (χ4n) is 4.87. The van der Waals surface area contributed by atoms with Crippen LogP contribution in [-0.4, -0.2) is 38.3 Å². The molecule has 0 unspecified atom stereocenters. The molecule has 0 atom stereocenters. The van der Waals surface area contributed by atoms with Crippen LogP contribution in [0.1, 0.15) is 52.4 Å². The van der Waals surface area contributed by atoms with Gasteiger partial charge < -0.3 is 20.2 Å². The number of hydrogen-bond donors (Lipinski definition) is 2. The van der Waals surface area contributed by atoms with Gasteiger partial charge in [-0.05, 0) is 78.2 Å². The van der Waals surface area contributed by atoms with Gasteiger partial charge in [0.2, 0.25) is 5.88 Å². The van der Waals surface area contributed by atoms with Crippen LogP contribution in [-0.2, 0) is 0 Å². The second-order valence-corrected chi connectivity index (χ2v) is 9.47. The first-order valence-electron chi connectivity index (χ1n) is 10.2. The number of pyridine rings is 2. The van der Waals surface area contributed by atoms with E-state index in [9.17, 15) is 9.59 Å². The molecule has 2 saturated carbocycles. The molecule has 31 heavy (non-hydrogen) atoms. The van der Waals surface area contributed by atoms with Crippen LogP contribution in [0, 0.1) is 12.3 Å². The van der Waals surface area contributed by atoms with Gasteiger partial charge in [-0.2, -0.15) is 0 Å². The summed E-state index contributed by atoms with van der Waals surface area (Å²) in [7, 11) is 0. The number of fused-ring (bicyclic) bond motifs is 1. The molecule has 160 valence electrons. The van der Waals surface area contributed by atoms with Gasteiger partial charge in [-0.3, -0.25) is 9.59 Å². The first-order valence-corrected chi connectivity index (χ1v) is 11.0. The number of nitrogens with one attached hydrogen (secondary N) is 1. The number of carbonyl (C=O) groups is 2. The molecule has 0 radical (unpaired) electrons. The Hall–Kier alpha value is -2.94. The average Bonchev–Trinajstić information content (AvgIpc) is 3.01. The lowest BCUT2D eigenvalue weighted by atomic mass is 9.53. The molecular formula is C22H22BrN5O3. The summed E-state index contributed by atoms with van der Waals surface area (Å²) in [5, 5.41) is 3.12. The van der Waals surface area contributed by atoms with E-state index in [4.69, 9.17) is 10.5 Å².